The summed E-state index contributed by atoms with van der Waals surface area (Å²) in [4.78, 5) is 22.5. The Morgan fingerprint density at radius 1 is 1.22 bits per heavy atom. The topological polar surface area (TPSA) is 123 Å². The summed E-state index contributed by atoms with van der Waals surface area (Å²) < 4.78 is 26.5. The minimum absolute atomic E-state index is 0.00949. The van der Waals surface area contributed by atoms with Crippen molar-refractivity contribution >= 4 is 39.9 Å². The van der Waals surface area contributed by atoms with Gasteiger partial charge in [-0.25, -0.2) is 14.4 Å². The van der Waals surface area contributed by atoms with E-state index in [0.29, 0.717) is 41.2 Å². The van der Waals surface area contributed by atoms with Crippen LogP contribution in [0.2, 0.25) is 5.02 Å². The fourth-order valence-electron chi connectivity index (χ4n) is 5.34. The average Bonchev–Trinajstić information content (AvgIpc) is 3.29. The van der Waals surface area contributed by atoms with Crippen molar-refractivity contribution in [3.63, 3.8) is 0 Å². The van der Waals surface area contributed by atoms with Crippen LogP contribution in [0.15, 0.2) is 36.7 Å². The highest BCUT2D eigenvalue weighted by molar-refractivity contribution is 6.31. The minimum atomic E-state index is -0.568. The number of primary amides is 1. The molecular weight excluding hydrogens is 501 g/mol. The number of β-amino-alcohol motifs (C(OH)–C–C–N with tert-alkyl or cyclic N) is 1. The third kappa shape index (κ3) is 5.27. The molecule has 0 spiro atoms. The summed E-state index contributed by atoms with van der Waals surface area (Å²) >= 11 is 5.93. The van der Waals surface area contributed by atoms with Gasteiger partial charge in [0.1, 0.15) is 12.1 Å². The second kappa shape index (κ2) is 10.6. The van der Waals surface area contributed by atoms with E-state index in [1.807, 2.05) is 4.90 Å². The predicted molar refractivity (Wildman–Crippen MR) is 138 cm³/mol. The molecule has 3 aromatic rings. The van der Waals surface area contributed by atoms with Gasteiger partial charge in [-0.05, 0) is 50.3 Å². The maximum atomic E-state index is 14.5. The summed E-state index contributed by atoms with van der Waals surface area (Å²) in [6, 6.07) is 8.02. The van der Waals surface area contributed by atoms with Crippen molar-refractivity contribution in [3.05, 3.63) is 47.5 Å². The standard InChI is InChI=1S/C26H29ClFN5O4/c1-36-22-11-20-17(26(31-13-30-20)32-19-4-2-3-18(27)24(19)28)10-23(22)37-16-7-5-14(6-8-16)33-12-15(34)9-21(33)25(29)35/h2-4,10-11,13-16,21,34H,5-9,12H2,1H3,(H2,29,35)(H,30,31,32)/t14-,15-,16-,21-/m1/s1. The van der Waals surface area contributed by atoms with Crippen LogP contribution in [0, 0.1) is 5.82 Å². The van der Waals surface area contributed by atoms with Gasteiger partial charge in [-0.3, -0.25) is 9.69 Å². The second-order valence-electron chi connectivity index (χ2n) is 9.52. The van der Waals surface area contributed by atoms with Gasteiger partial charge in [0, 0.05) is 24.0 Å². The van der Waals surface area contributed by atoms with E-state index in [2.05, 4.69) is 15.3 Å². The molecular formula is C26H29ClFN5O4. The first kappa shape index (κ1) is 25.4. The molecule has 2 aromatic carbocycles. The second-order valence-corrected chi connectivity index (χ2v) is 9.93. The molecule has 2 heterocycles. The third-order valence-electron chi connectivity index (χ3n) is 7.18. The summed E-state index contributed by atoms with van der Waals surface area (Å²) in [5.41, 5.74) is 6.38. The van der Waals surface area contributed by atoms with Crippen LogP contribution in [0.1, 0.15) is 32.1 Å². The number of aliphatic hydroxyl groups excluding tert-OH is 1. The van der Waals surface area contributed by atoms with E-state index in [1.165, 1.54) is 12.4 Å². The number of halogens is 2. The van der Waals surface area contributed by atoms with E-state index in [1.54, 1.807) is 31.4 Å². The number of hydrogen-bond acceptors (Lipinski definition) is 8. The maximum Gasteiger partial charge on any atom is 0.234 e. The fourth-order valence-corrected chi connectivity index (χ4v) is 5.51. The van der Waals surface area contributed by atoms with Crippen LogP contribution in [0.25, 0.3) is 10.9 Å². The number of hydrogen-bond donors (Lipinski definition) is 3. The van der Waals surface area contributed by atoms with E-state index in [-0.39, 0.29) is 28.8 Å². The molecule has 11 heteroatoms. The Hall–Kier alpha value is -3.21. The largest absolute Gasteiger partial charge is 0.493 e. The van der Waals surface area contributed by atoms with Crippen molar-refractivity contribution in [1.29, 1.82) is 0 Å². The molecule has 1 saturated carbocycles. The highest BCUT2D eigenvalue weighted by Gasteiger charge is 2.40. The lowest BCUT2D eigenvalue weighted by atomic mass is 9.91. The Morgan fingerprint density at radius 2 is 2.00 bits per heavy atom. The number of methoxy groups -OCH3 is 1. The van der Waals surface area contributed by atoms with Crippen LogP contribution < -0.4 is 20.5 Å². The van der Waals surface area contributed by atoms with Crippen molar-refractivity contribution in [1.82, 2.24) is 14.9 Å². The van der Waals surface area contributed by atoms with Crippen LogP contribution in [0.3, 0.4) is 0 Å². The van der Waals surface area contributed by atoms with Crippen molar-refractivity contribution in [2.45, 2.75) is 56.4 Å². The Morgan fingerprint density at radius 3 is 2.73 bits per heavy atom. The normalized spacial score (nSPS) is 24.2. The minimum Gasteiger partial charge on any atom is -0.493 e. The summed E-state index contributed by atoms with van der Waals surface area (Å²) in [5, 5.41) is 13.7. The number of anilines is 2. The molecule has 1 aliphatic carbocycles. The summed E-state index contributed by atoms with van der Waals surface area (Å²) in [6.07, 6.45) is 4.37. The average molecular weight is 530 g/mol. The maximum absolute atomic E-state index is 14.5. The Kier molecular flexibility index (Phi) is 7.32. The van der Waals surface area contributed by atoms with Crippen molar-refractivity contribution < 1.29 is 23.8 Å². The Balaban J connectivity index is 1.34. The molecule has 1 saturated heterocycles. The molecule has 9 nitrogen and oxygen atoms in total. The fraction of sp³-hybridized carbons (Fsp3) is 0.423. The van der Waals surface area contributed by atoms with Gasteiger partial charge in [0.05, 0.1) is 41.6 Å². The first-order valence-electron chi connectivity index (χ1n) is 12.3. The summed E-state index contributed by atoms with van der Waals surface area (Å²) in [6.45, 7) is 0.464. The number of amides is 1. The SMILES string of the molecule is COc1cc2ncnc(Nc3cccc(Cl)c3F)c2cc1O[C@H]1CC[C@H](N2C[C@H](O)C[C@@H]2C(N)=O)CC1. The van der Waals surface area contributed by atoms with Gasteiger partial charge in [0.15, 0.2) is 17.3 Å². The molecule has 2 atom stereocenters. The molecule has 196 valence electrons. The summed E-state index contributed by atoms with van der Waals surface area (Å²) in [7, 11) is 1.56. The first-order chi connectivity index (χ1) is 17.8. The van der Waals surface area contributed by atoms with Crippen molar-refractivity contribution in [2.24, 2.45) is 5.73 Å². The lowest BCUT2D eigenvalue weighted by molar-refractivity contribution is -0.123. The predicted octanol–water partition coefficient (Wildman–Crippen LogP) is 3.79. The van der Waals surface area contributed by atoms with Gasteiger partial charge in [0.2, 0.25) is 5.91 Å². The number of benzene rings is 2. The van der Waals surface area contributed by atoms with Gasteiger partial charge in [0.25, 0.3) is 0 Å². The number of carbonyl (C=O) groups is 1. The van der Waals surface area contributed by atoms with Gasteiger partial charge >= 0.3 is 0 Å². The highest BCUT2D eigenvalue weighted by Crippen LogP contribution is 2.38. The third-order valence-corrected chi connectivity index (χ3v) is 7.47. The molecule has 1 amide bonds. The van der Waals surface area contributed by atoms with Crippen molar-refractivity contribution in [3.8, 4) is 11.5 Å². The number of carbonyl (C=O) groups excluding carboxylic acids is 1. The van der Waals surface area contributed by atoms with E-state index < -0.39 is 18.0 Å². The zero-order valence-electron chi connectivity index (χ0n) is 20.4. The number of aliphatic hydroxyl groups is 1. The number of likely N-dealkylation sites (tertiary alicyclic amines) is 1. The Bertz CT molecular complexity index is 1300. The highest BCUT2D eigenvalue weighted by atomic mass is 35.5. The number of aromatic nitrogens is 2. The zero-order valence-corrected chi connectivity index (χ0v) is 21.1. The van der Waals surface area contributed by atoms with Gasteiger partial charge in [-0.1, -0.05) is 17.7 Å². The molecule has 0 unspecified atom stereocenters. The lowest BCUT2D eigenvalue weighted by Crippen LogP contribution is -2.48. The molecule has 0 radical (unpaired) electrons. The molecule has 1 aromatic heterocycles. The molecule has 4 N–H and O–H groups in total. The van der Waals surface area contributed by atoms with Crippen LogP contribution in [0.5, 0.6) is 11.5 Å². The smallest absolute Gasteiger partial charge is 0.234 e. The van der Waals surface area contributed by atoms with Crippen LogP contribution >= 0.6 is 11.6 Å². The molecule has 37 heavy (non-hydrogen) atoms. The van der Waals surface area contributed by atoms with Crippen LogP contribution in [-0.2, 0) is 4.79 Å². The number of nitrogens with two attached hydrogens (primary N) is 1. The van der Waals surface area contributed by atoms with Gasteiger partial charge in [-0.2, -0.15) is 0 Å². The van der Waals surface area contributed by atoms with E-state index in [4.69, 9.17) is 26.8 Å². The van der Waals surface area contributed by atoms with Crippen LogP contribution in [-0.4, -0.2) is 63.8 Å². The summed E-state index contributed by atoms with van der Waals surface area (Å²) in [5.74, 6) is 0.522. The monoisotopic (exact) mass is 529 g/mol. The van der Waals surface area contributed by atoms with Crippen molar-refractivity contribution in [2.75, 3.05) is 19.0 Å². The molecule has 1 aliphatic heterocycles. The van der Waals surface area contributed by atoms with E-state index in [0.717, 1.165) is 25.7 Å². The lowest BCUT2D eigenvalue weighted by Gasteiger charge is -2.37. The number of rotatable bonds is 7. The number of nitrogens with zero attached hydrogens (tertiary/aromatic N) is 3. The van der Waals surface area contributed by atoms with Crippen LogP contribution in [0.4, 0.5) is 15.9 Å². The molecule has 0 bridgehead atoms. The Labute approximate surface area is 218 Å². The molecule has 2 fully saturated rings. The van der Waals surface area contributed by atoms with E-state index >= 15 is 0 Å². The van der Waals surface area contributed by atoms with E-state index in [9.17, 15) is 14.3 Å². The van der Waals surface area contributed by atoms with Gasteiger partial charge in [-0.15, -0.1) is 0 Å². The van der Waals surface area contributed by atoms with Gasteiger partial charge < -0.3 is 25.6 Å². The number of nitrogens with one attached hydrogen (secondary N) is 1. The zero-order chi connectivity index (χ0) is 26.1. The first-order valence-corrected chi connectivity index (χ1v) is 12.7. The quantitative estimate of drug-likeness (QED) is 0.422. The number of ether oxygens (including phenoxy) is 2. The number of fused-ring (bicyclic) bond motifs is 1. The molecule has 5 rings (SSSR count). The molecule has 2 aliphatic rings.